The molecule has 0 radical (unpaired) electrons. The van der Waals surface area contributed by atoms with Crippen LogP contribution in [0.25, 0.3) is 0 Å². The van der Waals surface area contributed by atoms with E-state index in [1.54, 1.807) is 19.0 Å². The van der Waals surface area contributed by atoms with E-state index in [0.29, 0.717) is 11.8 Å². The molecule has 4 atom stereocenters. The lowest BCUT2D eigenvalue weighted by Gasteiger charge is -2.38. The maximum absolute atomic E-state index is 12.0. The van der Waals surface area contributed by atoms with Crippen LogP contribution in [0.5, 0.6) is 0 Å². The molecule has 3 heterocycles. The Kier molecular flexibility index (Phi) is 5.50. The smallest absolute Gasteiger partial charge is 0.248 e. The largest absolute Gasteiger partial charge is 0.366 e. The van der Waals surface area contributed by atoms with Crippen molar-refractivity contribution in [2.45, 2.75) is 31.5 Å². The molecule has 8 nitrogen and oxygen atoms in total. The second kappa shape index (κ2) is 8.05. The van der Waals surface area contributed by atoms with Crippen LogP contribution in [0.4, 0.5) is 0 Å². The second-order valence-electron chi connectivity index (χ2n) is 8.33. The van der Waals surface area contributed by atoms with Crippen LogP contribution in [0, 0.1) is 11.8 Å². The molecule has 0 unspecified atom stereocenters. The molecule has 1 aliphatic carbocycles. The number of rotatable bonds is 6. The van der Waals surface area contributed by atoms with Gasteiger partial charge in [-0.25, -0.2) is 4.98 Å². The number of aryl methyl sites for hydroxylation is 1. The van der Waals surface area contributed by atoms with Gasteiger partial charge in [-0.05, 0) is 30.7 Å². The third-order valence-electron chi connectivity index (χ3n) is 6.23. The molecule has 8 heteroatoms. The standard InChI is InChI=1S/C20H30N6O2/c1-23(2)20(27)14-28-18-10-16-12-25(13-19-21-6-8-24(19)3)11-15(16)9-17(18)26-7-4-5-22-26/h4-8,15-18H,9-14H2,1-3H3/t15-,16+,17-,18-/m0/s1. The number of imidazole rings is 1. The fourth-order valence-corrected chi connectivity index (χ4v) is 4.61. The van der Waals surface area contributed by atoms with Gasteiger partial charge in [0, 0.05) is 59.0 Å². The van der Waals surface area contributed by atoms with Crippen molar-refractivity contribution in [3.63, 3.8) is 0 Å². The van der Waals surface area contributed by atoms with Gasteiger partial charge in [0.2, 0.25) is 5.91 Å². The lowest BCUT2D eigenvalue weighted by molar-refractivity contribution is -0.138. The maximum Gasteiger partial charge on any atom is 0.248 e. The van der Waals surface area contributed by atoms with Gasteiger partial charge in [0.25, 0.3) is 0 Å². The number of amides is 1. The van der Waals surface area contributed by atoms with Gasteiger partial charge in [-0.1, -0.05) is 0 Å². The summed E-state index contributed by atoms with van der Waals surface area (Å²) in [5.74, 6) is 2.32. The van der Waals surface area contributed by atoms with Gasteiger partial charge in [0.1, 0.15) is 12.4 Å². The van der Waals surface area contributed by atoms with Crippen LogP contribution in [0.2, 0.25) is 0 Å². The van der Waals surface area contributed by atoms with Crippen LogP contribution in [0.15, 0.2) is 30.9 Å². The summed E-state index contributed by atoms with van der Waals surface area (Å²) in [6.45, 7) is 3.15. The van der Waals surface area contributed by atoms with Gasteiger partial charge >= 0.3 is 0 Å². The zero-order valence-electron chi connectivity index (χ0n) is 16.9. The monoisotopic (exact) mass is 386 g/mol. The Morgan fingerprint density at radius 3 is 2.64 bits per heavy atom. The Labute approximate surface area is 166 Å². The topological polar surface area (TPSA) is 68.4 Å². The first kappa shape index (κ1) is 19.1. The molecule has 1 saturated heterocycles. The van der Waals surface area contributed by atoms with Crippen molar-refractivity contribution in [2.75, 3.05) is 33.8 Å². The van der Waals surface area contributed by atoms with E-state index >= 15 is 0 Å². The van der Waals surface area contributed by atoms with Crippen molar-refractivity contribution in [2.24, 2.45) is 18.9 Å². The fraction of sp³-hybridized carbons (Fsp3) is 0.650. The Hall–Kier alpha value is -2.19. The van der Waals surface area contributed by atoms with E-state index in [9.17, 15) is 4.79 Å². The molecule has 1 amide bonds. The van der Waals surface area contributed by atoms with E-state index in [-0.39, 0.29) is 24.7 Å². The van der Waals surface area contributed by atoms with Gasteiger partial charge in [-0.15, -0.1) is 0 Å². The van der Waals surface area contributed by atoms with Crippen LogP contribution in [-0.2, 0) is 23.1 Å². The highest BCUT2D eigenvalue weighted by atomic mass is 16.5. The van der Waals surface area contributed by atoms with E-state index in [2.05, 4.69) is 19.5 Å². The summed E-state index contributed by atoms with van der Waals surface area (Å²) in [6.07, 6.45) is 9.69. The average molecular weight is 387 g/mol. The van der Waals surface area contributed by atoms with Gasteiger partial charge in [-0.2, -0.15) is 5.10 Å². The lowest BCUT2D eigenvalue weighted by Crippen LogP contribution is -2.40. The first-order chi connectivity index (χ1) is 13.5. The second-order valence-corrected chi connectivity index (χ2v) is 8.33. The number of fused-ring (bicyclic) bond motifs is 1. The molecule has 2 fully saturated rings. The molecule has 0 spiro atoms. The number of aromatic nitrogens is 4. The summed E-state index contributed by atoms with van der Waals surface area (Å²) in [4.78, 5) is 20.6. The van der Waals surface area contributed by atoms with Crippen LogP contribution in [-0.4, -0.2) is 74.9 Å². The lowest BCUT2D eigenvalue weighted by atomic mass is 9.77. The molecule has 1 saturated carbocycles. The third-order valence-corrected chi connectivity index (χ3v) is 6.23. The molecular formula is C20H30N6O2. The minimum absolute atomic E-state index is 0.00386. The molecule has 2 aliphatic rings. The third kappa shape index (κ3) is 3.98. The summed E-state index contributed by atoms with van der Waals surface area (Å²) in [5, 5.41) is 4.47. The molecule has 4 rings (SSSR count). The zero-order valence-corrected chi connectivity index (χ0v) is 16.9. The average Bonchev–Trinajstić information content (AvgIpc) is 3.40. The maximum atomic E-state index is 12.0. The number of likely N-dealkylation sites (tertiary alicyclic amines) is 1. The minimum atomic E-state index is 0.00386. The molecular weight excluding hydrogens is 356 g/mol. The molecule has 28 heavy (non-hydrogen) atoms. The Morgan fingerprint density at radius 2 is 2.00 bits per heavy atom. The normalized spacial score (nSPS) is 27.7. The van der Waals surface area contributed by atoms with Gasteiger partial charge < -0.3 is 14.2 Å². The van der Waals surface area contributed by atoms with E-state index in [0.717, 1.165) is 38.3 Å². The highest BCUT2D eigenvalue weighted by Gasteiger charge is 2.43. The van der Waals surface area contributed by atoms with Crippen molar-refractivity contribution in [3.8, 4) is 0 Å². The summed E-state index contributed by atoms with van der Waals surface area (Å²) >= 11 is 0. The fourth-order valence-electron chi connectivity index (χ4n) is 4.61. The summed E-state index contributed by atoms with van der Waals surface area (Å²) in [5.41, 5.74) is 0. The van der Waals surface area contributed by atoms with E-state index in [1.165, 1.54) is 0 Å². The first-order valence-corrected chi connectivity index (χ1v) is 10.0. The van der Waals surface area contributed by atoms with Crippen molar-refractivity contribution in [1.29, 1.82) is 0 Å². The molecule has 1 aliphatic heterocycles. The SMILES string of the molecule is CN(C)C(=O)CO[C@H]1C[C@@H]2CN(Cc3nccn3C)C[C@@H]2C[C@@H]1n1cccn1. The van der Waals surface area contributed by atoms with Crippen molar-refractivity contribution >= 4 is 5.91 Å². The predicted molar refractivity (Wildman–Crippen MR) is 104 cm³/mol. The van der Waals surface area contributed by atoms with Crippen LogP contribution in [0.3, 0.4) is 0 Å². The van der Waals surface area contributed by atoms with Gasteiger partial charge in [-0.3, -0.25) is 14.4 Å². The van der Waals surface area contributed by atoms with Crippen molar-refractivity contribution in [3.05, 3.63) is 36.7 Å². The van der Waals surface area contributed by atoms with Crippen LogP contribution in [0.1, 0.15) is 24.7 Å². The number of carbonyl (C=O) groups is 1. The van der Waals surface area contributed by atoms with Gasteiger partial charge in [0.05, 0.1) is 18.7 Å². The van der Waals surface area contributed by atoms with Crippen molar-refractivity contribution < 1.29 is 9.53 Å². The Bertz CT molecular complexity index is 786. The zero-order chi connectivity index (χ0) is 19.7. The van der Waals surface area contributed by atoms with Crippen LogP contribution < -0.4 is 0 Å². The number of likely N-dealkylation sites (N-methyl/N-ethyl adjacent to an activating group) is 1. The summed E-state index contributed by atoms with van der Waals surface area (Å²) in [7, 11) is 5.57. The number of carbonyl (C=O) groups excluding carboxylic acids is 1. The van der Waals surface area contributed by atoms with Crippen LogP contribution >= 0.6 is 0 Å². The summed E-state index contributed by atoms with van der Waals surface area (Å²) < 4.78 is 10.2. The molecule has 0 N–H and O–H groups in total. The van der Waals surface area contributed by atoms with E-state index in [1.807, 2.05) is 42.6 Å². The number of nitrogens with zero attached hydrogens (tertiary/aromatic N) is 6. The van der Waals surface area contributed by atoms with Gasteiger partial charge in [0.15, 0.2) is 0 Å². The Morgan fingerprint density at radius 1 is 1.21 bits per heavy atom. The Balaban J connectivity index is 1.44. The highest BCUT2D eigenvalue weighted by molar-refractivity contribution is 5.76. The van der Waals surface area contributed by atoms with E-state index < -0.39 is 0 Å². The predicted octanol–water partition coefficient (Wildman–Crippen LogP) is 1.17. The molecule has 2 aromatic rings. The first-order valence-electron chi connectivity index (χ1n) is 10.0. The molecule has 0 aromatic carbocycles. The minimum Gasteiger partial charge on any atom is -0.366 e. The number of ether oxygens (including phenoxy) is 1. The molecule has 0 bridgehead atoms. The highest BCUT2D eigenvalue weighted by Crippen LogP contribution is 2.42. The quantitative estimate of drug-likeness (QED) is 0.746. The molecule has 152 valence electrons. The number of hydrogen-bond donors (Lipinski definition) is 0. The molecule has 2 aromatic heterocycles. The summed E-state index contributed by atoms with van der Waals surface area (Å²) in [6, 6.07) is 2.13. The van der Waals surface area contributed by atoms with Crippen molar-refractivity contribution in [1.82, 2.24) is 29.1 Å². The van der Waals surface area contributed by atoms with E-state index in [4.69, 9.17) is 4.74 Å². The number of hydrogen-bond acceptors (Lipinski definition) is 5.